The third-order valence-electron chi connectivity index (χ3n) is 6.26. The van der Waals surface area contributed by atoms with Gasteiger partial charge in [0.05, 0.1) is 18.1 Å². The van der Waals surface area contributed by atoms with Gasteiger partial charge in [-0.15, -0.1) is 23.1 Å². The predicted octanol–water partition coefficient (Wildman–Crippen LogP) is 7.41. The highest BCUT2D eigenvalue weighted by molar-refractivity contribution is 8.00. The number of carbonyl (C=O) groups is 3. The maximum Gasteiger partial charge on any atom is 0.272 e. The Morgan fingerprint density at radius 3 is 2.52 bits per heavy atom. The molecule has 0 saturated carbocycles. The number of thiazole rings is 1. The number of hydrogen-bond donors (Lipinski definition) is 3. The van der Waals surface area contributed by atoms with Crippen LogP contribution >= 0.6 is 34.4 Å². The second kappa shape index (κ2) is 14.6. The van der Waals surface area contributed by atoms with Gasteiger partial charge >= 0.3 is 0 Å². The Labute approximate surface area is 267 Å². The summed E-state index contributed by atoms with van der Waals surface area (Å²) in [5, 5.41) is 14.2. The van der Waals surface area contributed by atoms with Gasteiger partial charge in [0, 0.05) is 27.1 Å². The predicted molar refractivity (Wildman–Crippen MR) is 179 cm³/mol. The molecule has 0 saturated heterocycles. The number of hydrogen-bond acceptors (Lipinski definition) is 8. The van der Waals surface area contributed by atoms with Crippen molar-refractivity contribution in [3.8, 4) is 17.0 Å². The van der Waals surface area contributed by atoms with Gasteiger partial charge in [-0.1, -0.05) is 36.4 Å². The van der Waals surface area contributed by atoms with Crippen molar-refractivity contribution in [2.75, 3.05) is 17.7 Å². The van der Waals surface area contributed by atoms with E-state index in [4.69, 9.17) is 4.74 Å². The van der Waals surface area contributed by atoms with E-state index in [0.717, 1.165) is 27.5 Å². The van der Waals surface area contributed by atoms with Crippen LogP contribution in [0.2, 0.25) is 0 Å². The minimum atomic E-state index is -0.468. The van der Waals surface area contributed by atoms with Crippen molar-refractivity contribution in [3.63, 3.8) is 0 Å². The molecule has 2 heterocycles. The first-order chi connectivity index (χ1) is 21.4. The lowest BCUT2D eigenvalue weighted by Crippen LogP contribution is -2.30. The molecule has 0 aliphatic carbocycles. The summed E-state index contributed by atoms with van der Waals surface area (Å²) in [5.41, 5.74) is 3.53. The van der Waals surface area contributed by atoms with Crippen molar-refractivity contribution in [1.29, 1.82) is 0 Å². The average Bonchev–Trinajstić information content (AvgIpc) is 3.74. The van der Waals surface area contributed by atoms with Gasteiger partial charge in [-0.2, -0.15) is 11.3 Å². The topological polar surface area (TPSA) is 109 Å². The number of thiophene rings is 1. The van der Waals surface area contributed by atoms with E-state index in [9.17, 15) is 14.4 Å². The SMILES string of the molecule is COc1cccc(-c2csc(NC(=O)C(C)Sc3cccc(NC(=O)/C(=C/c4ccsc4)NC(=O)c4ccccc4)c3)n2)c1. The number of thioether (sulfide) groups is 1. The molecule has 5 rings (SSSR count). The van der Waals surface area contributed by atoms with Crippen LogP contribution in [0.25, 0.3) is 17.3 Å². The molecule has 5 aromatic rings. The zero-order valence-electron chi connectivity index (χ0n) is 23.8. The summed E-state index contributed by atoms with van der Waals surface area (Å²) >= 11 is 4.20. The van der Waals surface area contributed by atoms with Gasteiger partial charge in [0.2, 0.25) is 5.91 Å². The number of nitrogens with zero attached hydrogens (tertiary/aromatic N) is 1. The number of nitrogens with one attached hydrogen (secondary N) is 3. The molecule has 3 aromatic carbocycles. The normalized spacial score (nSPS) is 11.8. The molecule has 1 unspecified atom stereocenters. The molecule has 0 bridgehead atoms. The molecule has 3 amide bonds. The second-order valence-corrected chi connectivity index (χ2v) is 12.5. The van der Waals surface area contributed by atoms with Crippen molar-refractivity contribution in [3.05, 3.63) is 118 Å². The van der Waals surface area contributed by atoms with Crippen LogP contribution in [0.4, 0.5) is 10.8 Å². The maximum absolute atomic E-state index is 13.3. The van der Waals surface area contributed by atoms with Crippen molar-refractivity contribution in [2.24, 2.45) is 0 Å². The van der Waals surface area contributed by atoms with E-state index in [1.165, 1.54) is 34.4 Å². The second-order valence-electron chi connectivity index (χ2n) is 9.44. The number of benzene rings is 3. The molecule has 0 fully saturated rings. The van der Waals surface area contributed by atoms with Gasteiger partial charge in [-0.05, 0) is 77.9 Å². The van der Waals surface area contributed by atoms with Crippen LogP contribution in [-0.4, -0.2) is 35.1 Å². The molecule has 0 radical (unpaired) electrons. The van der Waals surface area contributed by atoms with Gasteiger partial charge < -0.3 is 20.7 Å². The highest BCUT2D eigenvalue weighted by Gasteiger charge is 2.18. The molecule has 11 heteroatoms. The van der Waals surface area contributed by atoms with Crippen LogP contribution in [0.15, 0.2) is 112 Å². The molecule has 2 aromatic heterocycles. The summed E-state index contributed by atoms with van der Waals surface area (Å²) in [5.74, 6) is -0.317. The number of carbonyl (C=O) groups excluding carboxylic acids is 3. The standard InChI is InChI=1S/C33H28N4O4S3/c1-21(30(38)37-33-36-29(20-43-33)24-10-6-12-26(17-24)41-2)44-27-13-7-11-25(18-27)34-32(40)28(16-22-14-15-42-19-22)35-31(39)23-8-4-3-5-9-23/h3-21H,1-2H3,(H,34,40)(H,35,39)(H,36,37,38)/b28-16-. The maximum atomic E-state index is 13.3. The minimum absolute atomic E-state index is 0.111. The quantitative estimate of drug-likeness (QED) is 0.103. The summed E-state index contributed by atoms with van der Waals surface area (Å²) in [6.07, 6.45) is 1.63. The van der Waals surface area contributed by atoms with Crippen molar-refractivity contribution < 1.29 is 19.1 Å². The first-order valence-electron chi connectivity index (χ1n) is 13.5. The Balaban J connectivity index is 1.22. The molecule has 1 atom stereocenters. The summed E-state index contributed by atoms with van der Waals surface area (Å²) in [6, 6.07) is 25.4. The fraction of sp³-hybridized carbons (Fsp3) is 0.0909. The first kappa shape index (κ1) is 30.7. The summed E-state index contributed by atoms with van der Waals surface area (Å²) in [6.45, 7) is 1.81. The monoisotopic (exact) mass is 640 g/mol. The fourth-order valence-corrected chi connectivity index (χ4v) is 6.29. The number of methoxy groups -OCH3 is 1. The molecule has 0 aliphatic heterocycles. The minimum Gasteiger partial charge on any atom is -0.497 e. The molecular weight excluding hydrogens is 613 g/mol. The largest absolute Gasteiger partial charge is 0.497 e. The van der Waals surface area contributed by atoms with E-state index >= 15 is 0 Å². The lowest BCUT2D eigenvalue weighted by molar-refractivity contribution is -0.115. The third kappa shape index (κ3) is 8.22. The van der Waals surface area contributed by atoms with Crippen LogP contribution < -0.4 is 20.7 Å². The number of aromatic nitrogens is 1. The summed E-state index contributed by atoms with van der Waals surface area (Å²) < 4.78 is 5.29. The van der Waals surface area contributed by atoms with E-state index in [-0.39, 0.29) is 17.5 Å². The van der Waals surface area contributed by atoms with Crippen LogP contribution in [-0.2, 0) is 9.59 Å². The molecule has 0 spiro atoms. The lowest BCUT2D eigenvalue weighted by atomic mass is 10.2. The smallest absolute Gasteiger partial charge is 0.272 e. The van der Waals surface area contributed by atoms with Crippen LogP contribution in [0.5, 0.6) is 5.75 Å². The zero-order chi connectivity index (χ0) is 30.9. The average molecular weight is 641 g/mol. The van der Waals surface area contributed by atoms with Crippen molar-refractivity contribution in [2.45, 2.75) is 17.1 Å². The van der Waals surface area contributed by atoms with E-state index in [1.807, 2.05) is 65.5 Å². The lowest BCUT2D eigenvalue weighted by Gasteiger charge is -2.13. The zero-order valence-corrected chi connectivity index (χ0v) is 26.2. The van der Waals surface area contributed by atoms with E-state index in [2.05, 4.69) is 20.9 Å². The molecule has 8 nitrogen and oxygen atoms in total. The van der Waals surface area contributed by atoms with E-state index in [1.54, 1.807) is 55.7 Å². The Morgan fingerprint density at radius 1 is 0.932 bits per heavy atom. The van der Waals surface area contributed by atoms with Gasteiger partial charge in [-0.25, -0.2) is 4.98 Å². The molecule has 3 N–H and O–H groups in total. The number of ether oxygens (including phenoxy) is 1. The van der Waals surface area contributed by atoms with Crippen molar-refractivity contribution >= 4 is 69.1 Å². The van der Waals surface area contributed by atoms with Crippen LogP contribution in [0.1, 0.15) is 22.8 Å². The third-order valence-corrected chi connectivity index (χ3v) is 8.81. The molecule has 0 aliphatic rings. The van der Waals surface area contributed by atoms with Gasteiger partial charge in [-0.3, -0.25) is 14.4 Å². The first-order valence-corrected chi connectivity index (χ1v) is 16.2. The Kier molecular flexibility index (Phi) is 10.2. The number of anilines is 2. The highest BCUT2D eigenvalue weighted by Crippen LogP contribution is 2.30. The van der Waals surface area contributed by atoms with E-state index < -0.39 is 11.2 Å². The fourth-order valence-electron chi connectivity index (χ4n) is 4.02. The van der Waals surface area contributed by atoms with Gasteiger partial charge in [0.1, 0.15) is 11.4 Å². The van der Waals surface area contributed by atoms with Crippen molar-refractivity contribution in [1.82, 2.24) is 10.3 Å². The van der Waals surface area contributed by atoms with E-state index in [0.29, 0.717) is 16.4 Å². The Bertz CT molecular complexity index is 1790. The Morgan fingerprint density at radius 2 is 1.75 bits per heavy atom. The summed E-state index contributed by atoms with van der Waals surface area (Å²) in [7, 11) is 1.61. The molecular formula is C33H28N4O4S3. The molecule has 44 heavy (non-hydrogen) atoms. The van der Waals surface area contributed by atoms with Gasteiger partial charge in [0.15, 0.2) is 5.13 Å². The number of amides is 3. The van der Waals surface area contributed by atoms with Crippen LogP contribution in [0, 0.1) is 0 Å². The van der Waals surface area contributed by atoms with Gasteiger partial charge in [0.25, 0.3) is 11.8 Å². The number of rotatable bonds is 11. The Hall–Kier alpha value is -4.71. The summed E-state index contributed by atoms with van der Waals surface area (Å²) in [4.78, 5) is 44.5. The highest BCUT2D eigenvalue weighted by atomic mass is 32.2. The molecule has 222 valence electrons. The van der Waals surface area contributed by atoms with Crippen LogP contribution in [0.3, 0.4) is 0 Å².